The molecule has 2 rings (SSSR count). The minimum atomic E-state index is -3.84. The first-order chi connectivity index (χ1) is 8.97. The van der Waals surface area contributed by atoms with Crippen molar-refractivity contribution in [1.82, 2.24) is 4.72 Å². The Morgan fingerprint density at radius 1 is 1.32 bits per heavy atom. The highest BCUT2D eigenvalue weighted by molar-refractivity contribution is 7.90. The molecular formula is C10H5N5O3S. The van der Waals surface area contributed by atoms with Crippen LogP contribution in [0.2, 0.25) is 0 Å². The molecule has 19 heavy (non-hydrogen) atoms. The Kier molecular flexibility index (Phi) is 2.91. The van der Waals surface area contributed by atoms with Crippen molar-refractivity contribution >= 4 is 27.3 Å². The second-order valence-corrected chi connectivity index (χ2v) is 5.09. The van der Waals surface area contributed by atoms with Crippen LogP contribution in [0.25, 0.3) is 0 Å². The van der Waals surface area contributed by atoms with Crippen LogP contribution < -0.4 is 10.1 Å². The molecular weight excluding hydrogens is 270 g/mol. The number of carbonyl (C=O) groups is 1. The Morgan fingerprint density at radius 3 is 2.63 bits per heavy atom. The Balaban J connectivity index is 2.40. The molecule has 9 heteroatoms. The second kappa shape index (κ2) is 4.40. The van der Waals surface area contributed by atoms with Crippen LogP contribution in [0.3, 0.4) is 0 Å². The van der Waals surface area contributed by atoms with Crippen molar-refractivity contribution in [3.63, 3.8) is 0 Å². The van der Waals surface area contributed by atoms with Gasteiger partial charge in [0, 0.05) is 0 Å². The number of amides is 1. The molecule has 1 aromatic carbocycles. The lowest BCUT2D eigenvalue weighted by Gasteiger charge is -2.01. The fourth-order valence-corrected chi connectivity index (χ4v) is 2.63. The molecule has 1 heterocycles. The lowest BCUT2D eigenvalue weighted by Crippen LogP contribution is -2.20. The van der Waals surface area contributed by atoms with Gasteiger partial charge in [0.15, 0.2) is 0 Å². The van der Waals surface area contributed by atoms with E-state index in [0.717, 1.165) is 0 Å². The minimum Gasteiger partial charge on any atom is -0.276 e. The quantitative estimate of drug-likeness (QED) is 0.573. The van der Waals surface area contributed by atoms with Crippen LogP contribution in [0.4, 0.5) is 5.69 Å². The molecule has 8 nitrogen and oxygen atoms in total. The van der Waals surface area contributed by atoms with Crippen LogP contribution in [-0.2, 0) is 10.0 Å². The first-order valence-electron chi connectivity index (χ1n) is 4.83. The summed E-state index contributed by atoms with van der Waals surface area (Å²) in [6.45, 7) is 0. The maximum Gasteiger partial charge on any atom is 0.266 e. The molecule has 0 aromatic heterocycles. The monoisotopic (exact) mass is 275 g/mol. The van der Waals surface area contributed by atoms with Crippen molar-refractivity contribution in [2.24, 2.45) is 5.10 Å². The molecule has 0 radical (unpaired) electrons. The molecule has 0 fully saturated rings. The summed E-state index contributed by atoms with van der Waals surface area (Å²) in [6.07, 6.45) is 0. The summed E-state index contributed by atoms with van der Waals surface area (Å²) in [6, 6.07) is 6.99. The molecule has 1 aliphatic heterocycles. The summed E-state index contributed by atoms with van der Waals surface area (Å²) in [5.41, 5.74) is 2.24. The van der Waals surface area contributed by atoms with E-state index in [1.54, 1.807) is 0 Å². The molecule has 0 spiro atoms. The topological polar surface area (TPSA) is 135 Å². The lowest BCUT2D eigenvalue weighted by atomic mass is 10.2. The van der Waals surface area contributed by atoms with E-state index in [0.29, 0.717) is 0 Å². The number of nitrogens with zero attached hydrogens (tertiary/aromatic N) is 3. The largest absolute Gasteiger partial charge is 0.276 e. The predicted molar refractivity (Wildman–Crippen MR) is 63.4 cm³/mol. The number of anilines is 1. The molecule has 1 amide bonds. The molecule has 1 aromatic rings. The third kappa shape index (κ3) is 2.22. The highest BCUT2D eigenvalue weighted by atomic mass is 32.2. The number of hydrogen-bond donors (Lipinski definition) is 2. The number of nitriles is 2. The number of rotatable bonds is 2. The van der Waals surface area contributed by atoms with Crippen LogP contribution in [-0.4, -0.2) is 20.0 Å². The molecule has 2 N–H and O–H groups in total. The summed E-state index contributed by atoms with van der Waals surface area (Å²) in [5, 5.41) is 20.4. The number of carbonyl (C=O) groups excluding carboxylic acids is 1. The van der Waals surface area contributed by atoms with E-state index in [-0.39, 0.29) is 16.1 Å². The van der Waals surface area contributed by atoms with E-state index in [1.807, 2.05) is 4.72 Å². The SMILES string of the molecule is N#CC(C#N)=NNc1ccc2c(c1)S(=O)(=O)NC2=O. The first kappa shape index (κ1) is 12.5. The second-order valence-electron chi connectivity index (χ2n) is 3.44. The van der Waals surface area contributed by atoms with Crippen molar-refractivity contribution in [2.45, 2.75) is 4.90 Å². The maximum atomic E-state index is 11.6. The number of hydrazone groups is 1. The number of nitrogens with one attached hydrogen (secondary N) is 2. The Morgan fingerprint density at radius 2 is 2.00 bits per heavy atom. The van der Waals surface area contributed by atoms with Gasteiger partial charge in [-0.1, -0.05) is 0 Å². The van der Waals surface area contributed by atoms with Crippen LogP contribution in [0, 0.1) is 22.7 Å². The molecule has 0 saturated carbocycles. The molecule has 94 valence electrons. The van der Waals surface area contributed by atoms with E-state index < -0.39 is 21.6 Å². The van der Waals surface area contributed by atoms with Crippen LogP contribution in [0.1, 0.15) is 10.4 Å². The summed E-state index contributed by atoms with van der Waals surface area (Å²) in [7, 11) is -3.84. The van der Waals surface area contributed by atoms with Crippen LogP contribution >= 0.6 is 0 Å². The molecule has 1 aliphatic rings. The first-order valence-corrected chi connectivity index (χ1v) is 6.31. The zero-order valence-electron chi connectivity index (χ0n) is 9.21. The summed E-state index contributed by atoms with van der Waals surface area (Å²) < 4.78 is 25.0. The molecule has 0 aliphatic carbocycles. The van der Waals surface area contributed by atoms with Crippen molar-refractivity contribution in [3.8, 4) is 12.1 Å². The van der Waals surface area contributed by atoms with Gasteiger partial charge < -0.3 is 0 Å². The highest BCUT2D eigenvalue weighted by Gasteiger charge is 2.32. The fraction of sp³-hybridized carbons (Fsp3) is 0. The van der Waals surface area contributed by atoms with Crippen molar-refractivity contribution in [1.29, 1.82) is 10.5 Å². The van der Waals surface area contributed by atoms with E-state index in [1.165, 1.54) is 30.3 Å². The van der Waals surface area contributed by atoms with Crippen LogP contribution in [0.15, 0.2) is 28.2 Å². The van der Waals surface area contributed by atoms with Gasteiger partial charge in [-0.2, -0.15) is 15.6 Å². The van der Waals surface area contributed by atoms with Crippen molar-refractivity contribution in [3.05, 3.63) is 23.8 Å². The average molecular weight is 275 g/mol. The number of benzene rings is 1. The van der Waals surface area contributed by atoms with Gasteiger partial charge in [0.2, 0.25) is 5.71 Å². The van der Waals surface area contributed by atoms with Gasteiger partial charge in [-0.15, -0.1) is 0 Å². The van der Waals surface area contributed by atoms with Gasteiger partial charge >= 0.3 is 0 Å². The van der Waals surface area contributed by atoms with Gasteiger partial charge in [-0.05, 0) is 18.2 Å². The molecule has 0 atom stereocenters. The average Bonchev–Trinajstić information content (AvgIpc) is 2.61. The lowest BCUT2D eigenvalue weighted by molar-refractivity contribution is 0.0985. The van der Waals surface area contributed by atoms with E-state index in [9.17, 15) is 13.2 Å². The van der Waals surface area contributed by atoms with Gasteiger partial charge in [-0.3, -0.25) is 10.2 Å². The third-order valence-corrected chi connectivity index (χ3v) is 3.62. The van der Waals surface area contributed by atoms with Gasteiger partial charge in [0.1, 0.15) is 17.0 Å². The highest BCUT2D eigenvalue weighted by Crippen LogP contribution is 2.25. The predicted octanol–water partition coefficient (Wildman–Crippen LogP) is -0.0662. The fourth-order valence-electron chi connectivity index (χ4n) is 1.43. The minimum absolute atomic E-state index is 0.0373. The standard InChI is InChI=1S/C10H5N5O3S/c11-4-7(5-12)14-13-6-1-2-8-9(3-6)19(17,18)15-10(8)16/h1-3,13H,(H,15,16). The van der Waals surface area contributed by atoms with Crippen LogP contribution in [0.5, 0.6) is 0 Å². The zero-order valence-corrected chi connectivity index (χ0v) is 10.0. The molecule has 0 saturated heterocycles. The van der Waals surface area contributed by atoms with E-state index >= 15 is 0 Å². The maximum absolute atomic E-state index is 11.6. The molecule has 0 bridgehead atoms. The van der Waals surface area contributed by atoms with Crippen molar-refractivity contribution < 1.29 is 13.2 Å². The van der Waals surface area contributed by atoms with Gasteiger partial charge in [0.25, 0.3) is 15.9 Å². The summed E-state index contributed by atoms with van der Waals surface area (Å²) in [5.74, 6) is -0.695. The Labute approximate surface area is 108 Å². The zero-order chi connectivity index (χ0) is 14.0. The normalized spacial score (nSPS) is 14.5. The summed E-state index contributed by atoms with van der Waals surface area (Å²) >= 11 is 0. The third-order valence-electron chi connectivity index (χ3n) is 2.25. The van der Waals surface area contributed by atoms with Crippen molar-refractivity contribution in [2.75, 3.05) is 5.43 Å². The smallest absolute Gasteiger partial charge is 0.266 e. The number of hydrogen-bond acceptors (Lipinski definition) is 7. The Bertz CT molecular complexity index is 766. The van der Waals surface area contributed by atoms with E-state index in [2.05, 4.69) is 10.5 Å². The van der Waals surface area contributed by atoms with E-state index in [4.69, 9.17) is 10.5 Å². The molecule has 0 unspecified atom stereocenters. The number of sulfonamides is 1. The summed E-state index contributed by atoms with van der Waals surface area (Å²) in [4.78, 5) is 11.2. The van der Waals surface area contributed by atoms with Gasteiger partial charge in [0.05, 0.1) is 11.3 Å². The van der Waals surface area contributed by atoms with Gasteiger partial charge in [-0.25, -0.2) is 13.1 Å². The number of fused-ring (bicyclic) bond motifs is 1. The Hall–Kier alpha value is -2.91.